The van der Waals surface area contributed by atoms with Gasteiger partial charge in [0.1, 0.15) is 0 Å². The van der Waals surface area contributed by atoms with E-state index in [-0.39, 0.29) is 5.91 Å². The standard InChI is InChI=1S/C20H25N3O2S/c1-15-4-5-19(26-15)20(24)23-8-6-17-14-25-10-9-22(18(17)13-23)12-16-3-2-7-21-11-16/h2-5,7,11,17-18H,6,8-10,12-14H2,1H3/t17-,18-/m1/s1. The quantitative estimate of drug-likeness (QED) is 0.832. The summed E-state index contributed by atoms with van der Waals surface area (Å²) < 4.78 is 5.86. The number of likely N-dealkylation sites (tertiary alicyclic amines) is 1. The third-order valence-electron chi connectivity index (χ3n) is 5.39. The number of aryl methyl sites for hydroxylation is 1. The molecule has 0 N–H and O–H groups in total. The Labute approximate surface area is 158 Å². The predicted molar refractivity (Wildman–Crippen MR) is 102 cm³/mol. The fraction of sp³-hybridized carbons (Fsp3) is 0.500. The number of amides is 1. The molecule has 2 aromatic heterocycles. The lowest BCUT2D eigenvalue weighted by Crippen LogP contribution is -2.54. The first-order valence-electron chi connectivity index (χ1n) is 9.27. The van der Waals surface area contributed by atoms with Crippen molar-refractivity contribution in [2.45, 2.75) is 25.9 Å². The molecule has 2 aliphatic heterocycles. The third kappa shape index (κ3) is 3.82. The van der Waals surface area contributed by atoms with Crippen LogP contribution in [0.4, 0.5) is 0 Å². The van der Waals surface area contributed by atoms with E-state index in [4.69, 9.17) is 4.74 Å². The van der Waals surface area contributed by atoms with Crippen molar-refractivity contribution in [1.29, 1.82) is 0 Å². The molecule has 0 aromatic carbocycles. The molecule has 0 spiro atoms. The van der Waals surface area contributed by atoms with Gasteiger partial charge < -0.3 is 9.64 Å². The van der Waals surface area contributed by atoms with Gasteiger partial charge in [0.25, 0.3) is 5.91 Å². The van der Waals surface area contributed by atoms with Gasteiger partial charge in [-0.05, 0) is 37.1 Å². The summed E-state index contributed by atoms with van der Waals surface area (Å²) in [5.41, 5.74) is 1.21. The Balaban J connectivity index is 1.51. The van der Waals surface area contributed by atoms with E-state index in [1.54, 1.807) is 11.3 Å². The average molecular weight is 372 g/mol. The van der Waals surface area contributed by atoms with Crippen molar-refractivity contribution in [1.82, 2.24) is 14.8 Å². The Morgan fingerprint density at radius 2 is 2.27 bits per heavy atom. The lowest BCUT2D eigenvalue weighted by atomic mass is 9.90. The van der Waals surface area contributed by atoms with Crippen LogP contribution in [-0.4, -0.2) is 59.6 Å². The van der Waals surface area contributed by atoms with E-state index < -0.39 is 0 Å². The van der Waals surface area contributed by atoms with Crippen LogP contribution in [0.3, 0.4) is 0 Å². The van der Waals surface area contributed by atoms with Crippen LogP contribution < -0.4 is 0 Å². The molecule has 2 saturated heterocycles. The fourth-order valence-corrected chi connectivity index (χ4v) is 4.82. The van der Waals surface area contributed by atoms with Gasteiger partial charge in [-0.25, -0.2) is 0 Å². The van der Waals surface area contributed by atoms with Crippen LogP contribution in [0.15, 0.2) is 36.7 Å². The van der Waals surface area contributed by atoms with Crippen molar-refractivity contribution in [2.75, 3.05) is 32.8 Å². The second-order valence-electron chi connectivity index (χ2n) is 7.18. The van der Waals surface area contributed by atoms with Gasteiger partial charge in [0.2, 0.25) is 0 Å². The molecule has 6 heteroatoms. The summed E-state index contributed by atoms with van der Waals surface area (Å²) >= 11 is 1.59. The summed E-state index contributed by atoms with van der Waals surface area (Å²) in [6.45, 7) is 6.96. The highest BCUT2D eigenvalue weighted by Crippen LogP contribution is 2.28. The molecule has 0 aliphatic carbocycles. The van der Waals surface area contributed by atoms with Gasteiger partial charge in [0.05, 0.1) is 18.1 Å². The molecule has 1 amide bonds. The highest BCUT2D eigenvalue weighted by molar-refractivity contribution is 7.13. The van der Waals surface area contributed by atoms with Gasteiger partial charge in [-0.1, -0.05) is 6.07 Å². The maximum Gasteiger partial charge on any atom is 0.263 e. The first-order chi connectivity index (χ1) is 12.7. The first kappa shape index (κ1) is 17.6. The Morgan fingerprint density at radius 1 is 1.35 bits per heavy atom. The van der Waals surface area contributed by atoms with Crippen LogP contribution in [0.2, 0.25) is 0 Å². The molecule has 2 aliphatic rings. The molecule has 5 nitrogen and oxygen atoms in total. The summed E-state index contributed by atoms with van der Waals surface area (Å²) in [7, 11) is 0. The van der Waals surface area contributed by atoms with Gasteiger partial charge in [-0.15, -0.1) is 11.3 Å². The summed E-state index contributed by atoms with van der Waals surface area (Å²) in [4.78, 5) is 23.7. The van der Waals surface area contributed by atoms with Gasteiger partial charge in [-0.2, -0.15) is 0 Å². The summed E-state index contributed by atoms with van der Waals surface area (Å²) in [6.07, 6.45) is 4.74. The number of ether oxygens (including phenoxy) is 1. The minimum atomic E-state index is 0.174. The van der Waals surface area contributed by atoms with E-state index in [1.165, 1.54) is 10.4 Å². The molecule has 0 bridgehead atoms. The minimum Gasteiger partial charge on any atom is -0.380 e. The van der Waals surface area contributed by atoms with E-state index in [2.05, 4.69) is 16.0 Å². The predicted octanol–water partition coefficient (Wildman–Crippen LogP) is 2.81. The maximum atomic E-state index is 12.9. The van der Waals surface area contributed by atoms with Crippen molar-refractivity contribution in [3.63, 3.8) is 0 Å². The van der Waals surface area contributed by atoms with Gasteiger partial charge in [0.15, 0.2) is 0 Å². The molecular formula is C20H25N3O2S. The molecule has 2 aromatic rings. The number of hydrogen-bond acceptors (Lipinski definition) is 5. The second-order valence-corrected chi connectivity index (χ2v) is 8.47. The Bertz CT molecular complexity index is 749. The molecule has 2 atom stereocenters. The monoisotopic (exact) mass is 371 g/mol. The van der Waals surface area contributed by atoms with E-state index in [0.29, 0.717) is 12.0 Å². The topological polar surface area (TPSA) is 45.7 Å². The number of piperidine rings is 1. The number of fused-ring (bicyclic) bond motifs is 1. The summed E-state index contributed by atoms with van der Waals surface area (Å²) in [5, 5.41) is 0. The molecule has 4 heterocycles. The lowest BCUT2D eigenvalue weighted by molar-refractivity contribution is 0.0374. The van der Waals surface area contributed by atoms with Crippen LogP contribution in [0, 0.1) is 12.8 Å². The zero-order valence-electron chi connectivity index (χ0n) is 15.1. The normalized spacial score (nSPS) is 24.1. The number of carbonyl (C=O) groups excluding carboxylic acids is 1. The maximum absolute atomic E-state index is 12.9. The number of aromatic nitrogens is 1. The Kier molecular flexibility index (Phi) is 5.33. The van der Waals surface area contributed by atoms with Crippen molar-refractivity contribution in [3.05, 3.63) is 52.0 Å². The second kappa shape index (κ2) is 7.86. The fourth-order valence-electron chi connectivity index (χ4n) is 3.98. The number of hydrogen-bond donors (Lipinski definition) is 0. The summed E-state index contributed by atoms with van der Waals surface area (Å²) in [5.74, 6) is 0.663. The van der Waals surface area contributed by atoms with Gasteiger partial charge in [-0.3, -0.25) is 14.7 Å². The molecule has 138 valence electrons. The minimum absolute atomic E-state index is 0.174. The smallest absolute Gasteiger partial charge is 0.263 e. The number of rotatable bonds is 3. The largest absolute Gasteiger partial charge is 0.380 e. The first-order valence-corrected chi connectivity index (χ1v) is 10.1. The van der Waals surface area contributed by atoms with Crippen LogP contribution in [0.25, 0.3) is 0 Å². The Hall–Kier alpha value is -1.76. The van der Waals surface area contributed by atoms with Crippen molar-refractivity contribution in [2.24, 2.45) is 5.92 Å². The summed E-state index contributed by atoms with van der Waals surface area (Å²) in [6, 6.07) is 8.43. The number of nitrogens with zero attached hydrogens (tertiary/aromatic N) is 3. The van der Waals surface area contributed by atoms with Crippen LogP contribution in [0.5, 0.6) is 0 Å². The van der Waals surface area contributed by atoms with Crippen LogP contribution in [0.1, 0.15) is 26.5 Å². The van der Waals surface area contributed by atoms with Crippen molar-refractivity contribution in [3.8, 4) is 0 Å². The highest BCUT2D eigenvalue weighted by atomic mass is 32.1. The molecule has 0 unspecified atom stereocenters. The molecule has 0 radical (unpaired) electrons. The molecule has 0 saturated carbocycles. The van der Waals surface area contributed by atoms with Crippen LogP contribution >= 0.6 is 11.3 Å². The van der Waals surface area contributed by atoms with Crippen LogP contribution in [-0.2, 0) is 11.3 Å². The lowest BCUT2D eigenvalue weighted by Gasteiger charge is -2.42. The Morgan fingerprint density at radius 3 is 3.04 bits per heavy atom. The highest BCUT2D eigenvalue weighted by Gasteiger charge is 2.37. The average Bonchev–Trinajstić information content (AvgIpc) is 3.01. The molecule has 4 rings (SSSR count). The number of carbonyl (C=O) groups is 1. The van der Waals surface area contributed by atoms with E-state index in [0.717, 1.165) is 50.7 Å². The molecular weight excluding hydrogens is 346 g/mol. The molecule has 2 fully saturated rings. The van der Waals surface area contributed by atoms with Crippen molar-refractivity contribution >= 4 is 17.2 Å². The van der Waals surface area contributed by atoms with Gasteiger partial charge in [0, 0.05) is 55.4 Å². The van der Waals surface area contributed by atoms with E-state index >= 15 is 0 Å². The zero-order valence-corrected chi connectivity index (χ0v) is 16.0. The molecule has 26 heavy (non-hydrogen) atoms. The van der Waals surface area contributed by atoms with E-state index in [1.807, 2.05) is 42.4 Å². The SMILES string of the molecule is Cc1ccc(C(=O)N2CC[C@@H]3COCCN(Cc4cccnc4)[C@@H]3C2)s1. The van der Waals surface area contributed by atoms with Gasteiger partial charge >= 0.3 is 0 Å². The number of thiophene rings is 1. The van der Waals surface area contributed by atoms with E-state index in [9.17, 15) is 4.79 Å². The van der Waals surface area contributed by atoms with Crippen molar-refractivity contribution < 1.29 is 9.53 Å². The third-order valence-corrected chi connectivity index (χ3v) is 6.38. The number of pyridine rings is 1. The zero-order chi connectivity index (χ0) is 17.9.